The van der Waals surface area contributed by atoms with Crippen LogP contribution in [0.3, 0.4) is 0 Å². The van der Waals surface area contributed by atoms with Gasteiger partial charge < -0.3 is 9.47 Å². The molecule has 4 aromatic rings. The number of anilines is 1. The molecule has 9 heteroatoms. The van der Waals surface area contributed by atoms with Gasteiger partial charge in [0.25, 0.3) is 5.56 Å². The van der Waals surface area contributed by atoms with E-state index in [1.165, 1.54) is 11.3 Å². The summed E-state index contributed by atoms with van der Waals surface area (Å²) in [5.41, 5.74) is 5.28. The smallest absolute Gasteiger partial charge is 0.252 e. The summed E-state index contributed by atoms with van der Waals surface area (Å²) in [5, 5.41) is 4.83. The number of thiazole rings is 1. The van der Waals surface area contributed by atoms with Crippen molar-refractivity contribution in [3.05, 3.63) is 51.6 Å². The standard InChI is InChI=1S/C28H33FN6OS/c1-6-9-12-33-16-23-27(31-33)22(13-25(36)32(23)5)35-15-19(7-2)34(14-20(35)8-3)18(4)21-10-11-24-28(26(21)29)30-17-37-24/h10-11,13,16-20H,7-8,12,14-15H2,1-5H3/t18-,19-,20+/m1/s1. The molecule has 0 bridgehead atoms. The zero-order valence-electron chi connectivity index (χ0n) is 22.0. The molecule has 0 saturated carbocycles. The van der Waals surface area contributed by atoms with Gasteiger partial charge in [-0.25, -0.2) is 9.37 Å². The molecular weight excluding hydrogens is 487 g/mol. The molecule has 1 aromatic carbocycles. The molecule has 194 valence electrons. The van der Waals surface area contributed by atoms with Gasteiger partial charge in [-0.05, 0) is 32.8 Å². The Bertz CT molecular complexity index is 1560. The highest BCUT2D eigenvalue weighted by atomic mass is 32.1. The second-order valence-electron chi connectivity index (χ2n) is 9.73. The number of piperazine rings is 1. The van der Waals surface area contributed by atoms with E-state index in [0.717, 1.165) is 47.4 Å². The van der Waals surface area contributed by atoms with Crippen LogP contribution in [0.5, 0.6) is 0 Å². The summed E-state index contributed by atoms with van der Waals surface area (Å²) in [6.45, 7) is 10.2. The van der Waals surface area contributed by atoms with E-state index in [-0.39, 0.29) is 29.5 Å². The molecule has 37 heavy (non-hydrogen) atoms. The van der Waals surface area contributed by atoms with Crippen LogP contribution in [-0.4, -0.2) is 49.4 Å². The number of pyridine rings is 1. The van der Waals surface area contributed by atoms with Crippen molar-refractivity contribution in [2.75, 3.05) is 18.0 Å². The Labute approximate surface area is 220 Å². The van der Waals surface area contributed by atoms with Crippen molar-refractivity contribution in [2.45, 2.75) is 65.2 Å². The summed E-state index contributed by atoms with van der Waals surface area (Å²) >= 11 is 1.46. The van der Waals surface area contributed by atoms with E-state index in [4.69, 9.17) is 5.10 Å². The number of benzene rings is 1. The Morgan fingerprint density at radius 1 is 1.19 bits per heavy atom. The molecule has 4 heterocycles. The predicted octanol–water partition coefficient (Wildman–Crippen LogP) is 4.95. The molecule has 0 spiro atoms. The average Bonchev–Trinajstić information content (AvgIpc) is 3.57. The lowest BCUT2D eigenvalue weighted by molar-refractivity contribution is 0.0995. The van der Waals surface area contributed by atoms with Crippen molar-refractivity contribution in [1.29, 1.82) is 0 Å². The number of rotatable bonds is 6. The molecule has 1 aliphatic rings. The van der Waals surface area contributed by atoms with Gasteiger partial charge in [-0.3, -0.25) is 14.4 Å². The van der Waals surface area contributed by atoms with Gasteiger partial charge in [0, 0.05) is 49.9 Å². The van der Waals surface area contributed by atoms with Crippen molar-refractivity contribution >= 4 is 38.3 Å². The first-order valence-electron chi connectivity index (χ1n) is 12.9. The first kappa shape index (κ1) is 25.4. The monoisotopic (exact) mass is 520 g/mol. The van der Waals surface area contributed by atoms with Crippen LogP contribution < -0.4 is 10.5 Å². The lowest BCUT2D eigenvalue weighted by Gasteiger charge is -2.49. The lowest BCUT2D eigenvalue weighted by atomic mass is 9.96. The van der Waals surface area contributed by atoms with Gasteiger partial charge in [-0.1, -0.05) is 25.8 Å². The average molecular weight is 521 g/mol. The fourth-order valence-electron chi connectivity index (χ4n) is 5.57. The molecule has 1 aliphatic heterocycles. The maximum absolute atomic E-state index is 15.5. The highest BCUT2D eigenvalue weighted by Gasteiger charge is 2.37. The van der Waals surface area contributed by atoms with Gasteiger partial charge in [0.2, 0.25) is 0 Å². The van der Waals surface area contributed by atoms with E-state index in [1.807, 2.05) is 25.3 Å². The number of nitrogens with zero attached hydrogens (tertiary/aromatic N) is 6. The van der Waals surface area contributed by atoms with Crippen molar-refractivity contribution < 1.29 is 4.39 Å². The molecular formula is C28H33FN6OS. The van der Waals surface area contributed by atoms with Crippen LogP contribution >= 0.6 is 11.3 Å². The molecule has 1 saturated heterocycles. The third-order valence-corrected chi connectivity index (χ3v) is 8.56. The second-order valence-corrected chi connectivity index (χ2v) is 10.6. The van der Waals surface area contributed by atoms with Crippen LogP contribution in [0.2, 0.25) is 0 Å². The van der Waals surface area contributed by atoms with Gasteiger partial charge in [0.1, 0.15) is 17.6 Å². The number of hydrogen-bond donors (Lipinski definition) is 0. The topological polar surface area (TPSA) is 59.2 Å². The van der Waals surface area contributed by atoms with Crippen molar-refractivity contribution in [2.24, 2.45) is 7.05 Å². The Hall–Kier alpha value is -3.22. The third kappa shape index (κ3) is 4.42. The van der Waals surface area contributed by atoms with Crippen molar-refractivity contribution in [1.82, 2.24) is 24.2 Å². The van der Waals surface area contributed by atoms with Gasteiger partial charge in [0.05, 0.1) is 27.6 Å². The lowest BCUT2D eigenvalue weighted by Crippen LogP contribution is -2.59. The second kappa shape index (κ2) is 10.3. The van der Waals surface area contributed by atoms with Gasteiger partial charge in [-0.2, -0.15) is 5.10 Å². The highest BCUT2D eigenvalue weighted by Crippen LogP contribution is 2.36. The summed E-state index contributed by atoms with van der Waals surface area (Å²) in [5.74, 6) is 5.74. The molecule has 1 fully saturated rings. The van der Waals surface area contributed by atoms with Crippen LogP contribution in [0, 0.1) is 17.7 Å². The zero-order chi connectivity index (χ0) is 26.3. The van der Waals surface area contributed by atoms with Crippen LogP contribution in [0.1, 0.15) is 52.1 Å². The summed E-state index contributed by atoms with van der Waals surface area (Å²) in [4.78, 5) is 22.0. The van der Waals surface area contributed by atoms with E-state index in [9.17, 15) is 4.79 Å². The van der Waals surface area contributed by atoms with E-state index in [1.54, 1.807) is 27.9 Å². The minimum absolute atomic E-state index is 0.0547. The number of aryl methyl sites for hydroxylation is 1. The summed E-state index contributed by atoms with van der Waals surface area (Å²) < 4.78 is 19.8. The zero-order valence-corrected chi connectivity index (χ0v) is 22.8. The minimum Gasteiger partial charge on any atom is -0.364 e. The number of fused-ring (bicyclic) bond motifs is 2. The molecule has 0 radical (unpaired) electrons. The number of halogens is 1. The molecule has 0 N–H and O–H groups in total. The maximum Gasteiger partial charge on any atom is 0.252 e. The number of aromatic nitrogens is 4. The molecule has 3 atom stereocenters. The van der Waals surface area contributed by atoms with Gasteiger partial charge in [0.15, 0.2) is 5.82 Å². The molecule has 7 nitrogen and oxygen atoms in total. The van der Waals surface area contributed by atoms with Crippen LogP contribution in [-0.2, 0) is 13.6 Å². The van der Waals surface area contributed by atoms with Crippen molar-refractivity contribution in [3.63, 3.8) is 0 Å². The van der Waals surface area contributed by atoms with Crippen molar-refractivity contribution in [3.8, 4) is 11.8 Å². The predicted molar refractivity (Wildman–Crippen MR) is 149 cm³/mol. The highest BCUT2D eigenvalue weighted by molar-refractivity contribution is 7.16. The first-order valence-corrected chi connectivity index (χ1v) is 13.8. The summed E-state index contributed by atoms with van der Waals surface area (Å²) in [6, 6.07) is 5.86. The molecule has 0 unspecified atom stereocenters. The largest absolute Gasteiger partial charge is 0.364 e. The Kier molecular flexibility index (Phi) is 7.06. The third-order valence-electron chi connectivity index (χ3n) is 7.76. The fraction of sp³-hybridized carbons (Fsp3) is 0.464. The Balaban J connectivity index is 1.52. The number of hydrogen-bond acceptors (Lipinski definition) is 6. The maximum atomic E-state index is 15.5. The van der Waals surface area contributed by atoms with E-state index in [0.29, 0.717) is 17.6 Å². The van der Waals surface area contributed by atoms with E-state index in [2.05, 4.69) is 47.4 Å². The normalized spacial score (nSPS) is 19.4. The van der Waals surface area contributed by atoms with Crippen LogP contribution in [0.25, 0.3) is 21.3 Å². The minimum atomic E-state index is -0.217. The molecule has 5 rings (SSSR count). The summed E-state index contributed by atoms with van der Waals surface area (Å²) in [6.07, 6.45) is 3.71. The molecule has 0 amide bonds. The summed E-state index contributed by atoms with van der Waals surface area (Å²) in [7, 11) is 1.78. The first-order chi connectivity index (χ1) is 17.9. The van der Waals surface area contributed by atoms with E-state index >= 15 is 4.39 Å². The quantitative estimate of drug-likeness (QED) is 0.337. The van der Waals surface area contributed by atoms with E-state index < -0.39 is 0 Å². The Morgan fingerprint density at radius 2 is 1.97 bits per heavy atom. The molecule has 3 aromatic heterocycles. The Morgan fingerprint density at radius 3 is 2.70 bits per heavy atom. The molecule has 0 aliphatic carbocycles. The van der Waals surface area contributed by atoms with Crippen LogP contribution in [0.15, 0.2) is 34.7 Å². The SMILES string of the molecule is CC#CCn1cc2c(n1)c(N1C[C@@H](CC)N([C@H](C)c3ccc4scnc4c3F)C[C@@H]1CC)cc(=O)n2C. The van der Waals surface area contributed by atoms with Gasteiger partial charge >= 0.3 is 0 Å². The fourth-order valence-corrected chi connectivity index (χ4v) is 6.24. The van der Waals surface area contributed by atoms with Crippen LogP contribution in [0.4, 0.5) is 10.1 Å². The van der Waals surface area contributed by atoms with Gasteiger partial charge in [-0.15, -0.1) is 17.3 Å².